The van der Waals surface area contributed by atoms with Gasteiger partial charge in [0.2, 0.25) is 0 Å². The fourth-order valence-corrected chi connectivity index (χ4v) is 1.23. The Hall–Kier alpha value is 0.700. The van der Waals surface area contributed by atoms with Gasteiger partial charge in [-0.3, -0.25) is 0 Å². The van der Waals surface area contributed by atoms with Crippen LogP contribution in [0, 0.1) is 11.3 Å². The van der Waals surface area contributed by atoms with E-state index >= 15 is 0 Å². The van der Waals surface area contributed by atoms with Gasteiger partial charge in [-0.1, -0.05) is 33.8 Å². The largest absolute Gasteiger partial charge is 0.0598 e. The predicted molar refractivity (Wildman–Crippen MR) is 54.6 cm³/mol. The molecule has 0 aromatic rings. The minimum atomic E-state index is 0.354. The molecule has 60 valence electrons. The van der Waals surface area contributed by atoms with Gasteiger partial charge in [0.15, 0.2) is 0 Å². The molecule has 0 radical (unpaired) electrons. The molecule has 0 N–H and O–H groups in total. The van der Waals surface area contributed by atoms with Gasteiger partial charge in [0.25, 0.3) is 0 Å². The molecule has 0 spiro atoms. The van der Waals surface area contributed by atoms with E-state index in [0.717, 1.165) is 3.39 Å². The third-order valence-electron chi connectivity index (χ3n) is 1.74. The molecule has 0 aliphatic rings. The van der Waals surface area contributed by atoms with Crippen molar-refractivity contribution in [2.24, 2.45) is 11.3 Å². The van der Waals surface area contributed by atoms with E-state index in [4.69, 9.17) is 0 Å². The lowest BCUT2D eigenvalue weighted by Crippen LogP contribution is -2.14. The summed E-state index contributed by atoms with van der Waals surface area (Å²) in [5.41, 5.74) is 0.354. The average molecular weight is 270 g/mol. The first-order valence-corrected chi connectivity index (χ1v) is 4.95. The van der Waals surface area contributed by atoms with E-state index in [9.17, 15) is 0 Å². The van der Waals surface area contributed by atoms with Crippen LogP contribution in [0.25, 0.3) is 0 Å². The van der Waals surface area contributed by atoms with Crippen molar-refractivity contribution in [2.45, 2.75) is 27.7 Å². The third kappa shape index (κ3) is 4.51. The fraction of sp³-hybridized carbons (Fsp3) is 0.750. The van der Waals surface area contributed by atoms with E-state index < -0.39 is 0 Å². The summed E-state index contributed by atoms with van der Waals surface area (Å²) in [7, 11) is 0. The Morgan fingerprint density at radius 1 is 1.30 bits per heavy atom. The van der Waals surface area contributed by atoms with Gasteiger partial charge in [-0.05, 0) is 43.2 Å². The van der Waals surface area contributed by atoms with Gasteiger partial charge in [-0.15, -0.1) is 0 Å². The maximum Gasteiger partial charge on any atom is 0.0567 e. The molecule has 0 heterocycles. The summed E-state index contributed by atoms with van der Waals surface area (Å²) in [4.78, 5) is 0. The quantitative estimate of drug-likeness (QED) is 0.666. The fourth-order valence-electron chi connectivity index (χ4n) is 0.439. The zero-order chi connectivity index (χ0) is 8.36. The molecule has 1 unspecified atom stereocenters. The van der Waals surface area contributed by atoms with E-state index in [0.29, 0.717) is 11.3 Å². The molecule has 0 amide bonds. The van der Waals surface area contributed by atoms with Crippen molar-refractivity contribution in [1.82, 2.24) is 0 Å². The molecule has 0 nitrogen and oxygen atoms in total. The van der Waals surface area contributed by atoms with Crippen LogP contribution >= 0.6 is 31.9 Å². The van der Waals surface area contributed by atoms with Crippen molar-refractivity contribution in [3.63, 3.8) is 0 Å². The second kappa shape index (κ2) is 3.91. The Morgan fingerprint density at radius 3 is 1.80 bits per heavy atom. The Kier molecular flexibility index (Phi) is 4.19. The van der Waals surface area contributed by atoms with Gasteiger partial charge in [-0.25, -0.2) is 0 Å². The van der Waals surface area contributed by atoms with Crippen molar-refractivity contribution in [3.05, 3.63) is 9.47 Å². The van der Waals surface area contributed by atoms with Crippen LogP contribution in [0.2, 0.25) is 0 Å². The van der Waals surface area contributed by atoms with Gasteiger partial charge in [0, 0.05) is 0 Å². The minimum absolute atomic E-state index is 0.354. The summed E-state index contributed by atoms with van der Waals surface area (Å²) < 4.78 is 1.04. The zero-order valence-corrected chi connectivity index (χ0v) is 10.1. The molecule has 0 saturated heterocycles. The van der Waals surface area contributed by atoms with Crippen LogP contribution in [0.1, 0.15) is 27.7 Å². The van der Waals surface area contributed by atoms with E-state index in [2.05, 4.69) is 65.6 Å². The average Bonchev–Trinajstić information content (AvgIpc) is 1.60. The lowest BCUT2D eigenvalue weighted by Gasteiger charge is -2.24. The highest BCUT2D eigenvalue weighted by Crippen LogP contribution is 2.29. The summed E-state index contributed by atoms with van der Waals surface area (Å²) >= 11 is 6.69. The van der Waals surface area contributed by atoms with Gasteiger partial charge < -0.3 is 0 Å². The Bertz CT molecular complexity index is 127. The molecule has 0 fully saturated rings. The highest BCUT2D eigenvalue weighted by atomic mass is 79.9. The Balaban J connectivity index is 4.11. The maximum atomic E-state index is 3.35. The van der Waals surface area contributed by atoms with Gasteiger partial charge in [0.05, 0.1) is 3.39 Å². The molecule has 0 aromatic carbocycles. The van der Waals surface area contributed by atoms with E-state index in [1.807, 2.05) is 0 Å². The smallest absolute Gasteiger partial charge is 0.0567 e. The zero-order valence-electron chi connectivity index (χ0n) is 6.91. The van der Waals surface area contributed by atoms with Crippen molar-refractivity contribution in [2.75, 3.05) is 0 Å². The number of rotatable bonds is 1. The molecule has 10 heavy (non-hydrogen) atoms. The molecule has 1 atom stereocenters. The standard InChI is InChI=1S/C8H14Br2/c1-6(5-7(9)10)8(2,3)4/h5-6H,1-4H3. The number of hydrogen-bond acceptors (Lipinski definition) is 0. The lowest BCUT2D eigenvalue weighted by atomic mass is 9.82. The normalized spacial score (nSPS) is 14.6. The molecule has 0 aliphatic heterocycles. The van der Waals surface area contributed by atoms with Crippen molar-refractivity contribution < 1.29 is 0 Å². The molecule has 0 aromatic heterocycles. The summed E-state index contributed by atoms with van der Waals surface area (Å²) in [5.74, 6) is 0.584. The monoisotopic (exact) mass is 268 g/mol. The van der Waals surface area contributed by atoms with Crippen LogP contribution in [0.5, 0.6) is 0 Å². The third-order valence-corrected chi connectivity index (χ3v) is 2.27. The molecule has 0 saturated carbocycles. The van der Waals surface area contributed by atoms with Gasteiger partial charge in [0.1, 0.15) is 0 Å². The predicted octanol–water partition coefficient (Wildman–Crippen LogP) is 4.30. The van der Waals surface area contributed by atoms with E-state index in [1.165, 1.54) is 0 Å². The summed E-state index contributed by atoms with van der Waals surface area (Å²) in [6.07, 6.45) is 2.17. The topological polar surface area (TPSA) is 0 Å². The summed E-state index contributed by atoms with van der Waals surface area (Å²) in [6, 6.07) is 0. The van der Waals surface area contributed by atoms with E-state index in [-0.39, 0.29) is 0 Å². The van der Waals surface area contributed by atoms with Crippen molar-refractivity contribution >= 4 is 31.9 Å². The van der Waals surface area contributed by atoms with Crippen LogP contribution in [-0.2, 0) is 0 Å². The van der Waals surface area contributed by atoms with Crippen molar-refractivity contribution in [1.29, 1.82) is 0 Å². The second-order valence-corrected chi connectivity index (χ2v) is 6.38. The molecule has 0 bridgehead atoms. The minimum Gasteiger partial charge on any atom is -0.0598 e. The maximum absolute atomic E-state index is 3.35. The summed E-state index contributed by atoms with van der Waals surface area (Å²) in [6.45, 7) is 8.91. The molecular weight excluding hydrogens is 256 g/mol. The number of halogens is 2. The highest BCUT2D eigenvalue weighted by molar-refractivity contribution is 9.28. The summed E-state index contributed by atoms with van der Waals surface area (Å²) in [5, 5.41) is 0. The molecule has 0 rings (SSSR count). The number of hydrogen-bond donors (Lipinski definition) is 0. The SMILES string of the molecule is CC(C=C(Br)Br)C(C)(C)C. The van der Waals surface area contributed by atoms with Crippen LogP contribution in [0.4, 0.5) is 0 Å². The first-order chi connectivity index (χ1) is 4.34. The molecule has 0 aliphatic carbocycles. The highest BCUT2D eigenvalue weighted by Gasteiger charge is 2.17. The number of allylic oxidation sites excluding steroid dienone is 1. The van der Waals surface area contributed by atoms with Crippen LogP contribution in [-0.4, -0.2) is 0 Å². The van der Waals surface area contributed by atoms with Gasteiger partial charge >= 0.3 is 0 Å². The first-order valence-electron chi connectivity index (χ1n) is 3.37. The van der Waals surface area contributed by atoms with Crippen LogP contribution in [0.15, 0.2) is 9.47 Å². The molecular formula is C8H14Br2. The molecule has 2 heteroatoms. The van der Waals surface area contributed by atoms with Crippen LogP contribution < -0.4 is 0 Å². The van der Waals surface area contributed by atoms with Crippen LogP contribution in [0.3, 0.4) is 0 Å². The van der Waals surface area contributed by atoms with Gasteiger partial charge in [-0.2, -0.15) is 0 Å². The second-order valence-electron chi connectivity index (χ2n) is 3.61. The van der Waals surface area contributed by atoms with E-state index in [1.54, 1.807) is 0 Å². The lowest BCUT2D eigenvalue weighted by molar-refractivity contribution is 0.314. The first kappa shape index (κ1) is 10.7. The Labute approximate surface area is 80.3 Å². The van der Waals surface area contributed by atoms with Crippen molar-refractivity contribution in [3.8, 4) is 0 Å². The Morgan fingerprint density at radius 2 is 1.70 bits per heavy atom.